The molecule has 0 spiro atoms. The van der Waals surface area contributed by atoms with Crippen LogP contribution in [-0.4, -0.2) is 13.1 Å². The van der Waals surface area contributed by atoms with Crippen molar-refractivity contribution in [3.63, 3.8) is 0 Å². The maximum Gasteiger partial charge on any atom is 0.337 e. The van der Waals surface area contributed by atoms with Gasteiger partial charge in [-0.3, -0.25) is 0 Å². The van der Waals surface area contributed by atoms with Gasteiger partial charge in [-0.2, -0.15) is 0 Å². The summed E-state index contributed by atoms with van der Waals surface area (Å²) in [5.41, 5.74) is 3.03. The van der Waals surface area contributed by atoms with E-state index in [1.54, 1.807) is 0 Å². The molecule has 1 N–H and O–H groups in total. The molecule has 1 heterocycles. The zero-order valence-corrected chi connectivity index (χ0v) is 16.4. The number of anilines is 1. The third-order valence-corrected chi connectivity index (χ3v) is 6.58. The number of carbonyl (C=O) groups excluding carboxylic acids is 1. The highest BCUT2D eigenvalue weighted by molar-refractivity contribution is 7.17. The molecule has 4 rings (SSSR count). The summed E-state index contributed by atoms with van der Waals surface area (Å²) in [7, 11) is 1.41. The van der Waals surface area contributed by atoms with Crippen LogP contribution >= 0.6 is 11.3 Å². The number of fused-ring (bicyclic) bond motifs is 1. The van der Waals surface area contributed by atoms with Crippen molar-refractivity contribution >= 4 is 33.1 Å². The number of nitrogens with one attached hydrogen (secondary N) is 1. The van der Waals surface area contributed by atoms with E-state index in [0.717, 1.165) is 5.69 Å². The summed E-state index contributed by atoms with van der Waals surface area (Å²) in [4.78, 5) is 11.7. The van der Waals surface area contributed by atoms with Gasteiger partial charge in [-0.15, -0.1) is 11.3 Å². The van der Waals surface area contributed by atoms with Crippen LogP contribution in [0.25, 0.3) is 10.1 Å². The van der Waals surface area contributed by atoms with Crippen LogP contribution < -0.4 is 5.32 Å². The maximum atomic E-state index is 11.7. The molecule has 1 atom stereocenters. The molecule has 3 nitrogen and oxygen atoms in total. The van der Waals surface area contributed by atoms with Crippen LogP contribution in [0.2, 0.25) is 0 Å². The molecular formula is C23H25NO2S. The second-order valence-corrected chi connectivity index (χ2v) is 8.19. The summed E-state index contributed by atoms with van der Waals surface area (Å²) in [5, 5.41) is 7.46. The summed E-state index contributed by atoms with van der Waals surface area (Å²) >= 11 is 1.82. The van der Waals surface area contributed by atoms with Crippen molar-refractivity contribution in [3.05, 3.63) is 65.0 Å². The topological polar surface area (TPSA) is 38.3 Å². The van der Waals surface area contributed by atoms with Crippen LogP contribution in [0.15, 0.2) is 53.9 Å². The van der Waals surface area contributed by atoms with Gasteiger partial charge >= 0.3 is 5.97 Å². The molecule has 1 saturated carbocycles. The van der Waals surface area contributed by atoms with E-state index in [9.17, 15) is 4.79 Å². The summed E-state index contributed by atoms with van der Waals surface area (Å²) in [6.07, 6.45) is 6.50. The summed E-state index contributed by atoms with van der Waals surface area (Å²) in [6.45, 7) is 0. The lowest BCUT2D eigenvalue weighted by atomic mass is 9.81. The van der Waals surface area contributed by atoms with Crippen LogP contribution in [0.5, 0.6) is 0 Å². The van der Waals surface area contributed by atoms with Gasteiger partial charge in [0.15, 0.2) is 0 Å². The first kappa shape index (κ1) is 18.1. The number of hydrogen-bond acceptors (Lipinski definition) is 4. The molecule has 0 saturated heterocycles. The first-order chi connectivity index (χ1) is 13.3. The molecule has 0 radical (unpaired) electrons. The first-order valence-electron chi connectivity index (χ1n) is 9.67. The molecule has 1 aliphatic rings. The Morgan fingerprint density at radius 2 is 1.81 bits per heavy atom. The molecule has 1 aliphatic carbocycles. The molecule has 0 amide bonds. The van der Waals surface area contributed by atoms with Gasteiger partial charge in [0.25, 0.3) is 0 Å². The number of methoxy groups -OCH3 is 1. The highest BCUT2D eigenvalue weighted by Gasteiger charge is 2.27. The molecule has 1 aromatic heterocycles. The van der Waals surface area contributed by atoms with Crippen LogP contribution in [0.4, 0.5) is 5.69 Å². The van der Waals surface area contributed by atoms with Gasteiger partial charge in [0, 0.05) is 10.4 Å². The van der Waals surface area contributed by atoms with Crippen LogP contribution in [0.3, 0.4) is 0 Å². The highest BCUT2D eigenvalue weighted by Crippen LogP contribution is 2.41. The zero-order chi connectivity index (χ0) is 18.6. The van der Waals surface area contributed by atoms with E-state index < -0.39 is 0 Å². The second-order valence-electron chi connectivity index (χ2n) is 7.28. The Hall–Kier alpha value is -2.33. The van der Waals surface area contributed by atoms with Crippen molar-refractivity contribution in [2.24, 2.45) is 5.92 Å². The average Bonchev–Trinajstić information content (AvgIpc) is 3.16. The third-order valence-electron chi connectivity index (χ3n) is 5.60. The lowest BCUT2D eigenvalue weighted by molar-refractivity contribution is 0.0601. The van der Waals surface area contributed by atoms with Gasteiger partial charge < -0.3 is 10.1 Å². The van der Waals surface area contributed by atoms with Crippen LogP contribution in [0, 0.1) is 5.92 Å². The Morgan fingerprint density at radius 3 is 2.56 bits per heavy atom. The van der Waals surface area contributed by atoms with Gasteiger partial charge in [-0.1, -0.05) is 37.5 Å². The van der Waals surface area contributed by atoms with Gasteiger partial charge in [0.2, 0.25) is 0 Å². The Labute approximate surface area is 164 Å². The molecule has 1 fully saturated rings. The first-order valence-corrected chi connectivity index (χ1v) is 10.6. The van der Waals surface area contributed by atoms with Crippen molar-refractivity contribution in [2.75, 3.05) is 12.4 Å². The maximum absolute atomic E-state index is 11.7. The Morgan fingerprint density at radius 1 is 1.07 bits per heavy atom. The van der Waals surface area contributed by atoms with Gasteiger partial charge in [0.1, 0.15) is 0 Å². The minimum absolute atomic E-state index is 0.297. The van der Waals surface area contributed by atoms with Crippen LogP contribution in [0.1, 0.15) is 54.1 Å². The third kappa shape index (κ3) is 3.86. The molecular weight excluding hydrogens is 354 g/mol. The number of benzene rings is 2. The summed E-state index contributed by atoms with van der Waals surface area (Å²) < 4.78 is 6.15. The Kier molecular flexibility index (Phi) is 5.44. The fourth-order valence-corrected chi connectivity index (χ4v) is 5.15. The largest absolute Gasteiger partial charge is 0.465 e. The van der Waals surface area contributed by atoms with Crippen molar-refractivity contribution in [3.8, 4) is 0 Å². The second kappa shape index (κ2) is 8.13. The number of hydrogen-bond donors (Lipinski definition) is 1. The predicted molar refractivity (Wildman–Crippen MR) is 113 cm³/mol. The molecule has 1 unspecified atom stereocenters. The summed E-state index contributed by atoms with van der Waals surface area (Å²) in [6, 6.07) is 16.6. The molecule has 2 aromatic carbocycles. The lowest BCUT2D eigenvalue weighted by Gasteiger charge is -2.32. The number of thiophene rings is 1. The minimum Gasteiger partial charge on any atom is -0.465 e. The number of ether oxygens (including phenoxy) is 1. The van der Waals surface area contributed by atoms with E-state index in [0.29, 0.717) is 17.5 Å². The SMILES string of the molecule is COC(=O)c1ccc(NC(c2csc3ccccc23)C2CCCCC2)cc1. The number of carbonyl (C=O) groups is 1. The molecule has 0 aliphatic heterocycles. The van der Waals surface area contributed by atoms with Crippen molar-refractivity contribution in [2.45, 2.75) is 38.1 Å². The minimum atomic E-state index is -0.297. The zero-order valence-electron chi connectivity index (χ0n) is 15.6. The van der Waals surface area contributed by atoms with E-state index in [1.165, 1.54) is 54.9 Å². The van der Waals surface area contributed by atoms with Crippen molar-refractivity contribution in [1.82, 2.24) is 0 Å². The van der Waals surface area contributed by atoms with E-state index >= 15 is 0 Å². The van der Waals surface area contributed by atoms with Crippen molar-refractivity contribution in [1.29, 1.82) is 0 Å². The highest BCUT2D eigenvalue weighted by atomic mass is 32.1. The monoisotopic (exact) mass is 379 g/mol. The normalized spacial score (nSPS) is 16.2. The van der Waals surface area contributed by atoms with E-state index in [4.69, 9.17) is 4.74 Å². The van der Waals surface area contributed by atoms with E-state index in [2.05, 4.69) is 35.0 Å². The molecule has 27 heavy (non-hydrogen) atoms. The standard InChI is InChI=1S/C23H25NO2S/c1-26-23(25)17-11-13-18(14-12-17)24-22(16-7-3-2-4-8-16)20-15-27-21-10-6-5-9-19(20)21/h5-6,9-16,22,24H,2-4,7-8H2,1H3. The van der Waals surface area contributed by atoms with E-state index in [1.807, 2.05) is 35.6 Å². The van der Waals surface area contributed by atoms with Crippen LogP contribution in [-0.2, 0) is 4.74 Å². The molecule has 0 bridgehead atoms. The number of rotatable bonds is 5. The predicted octanol–water partition coefficient (Wildman–Crippen LogP) is 6.42. The Balaban J connectivity index is 1.65. The fourth-order valence-electron chi connectivity index (χ4n) is 4.16. The van der Waals surface area contributed by atoms with Gasteiger partial charge in [-0.05, 0) is 65.4 Å². The number of esters is 1. The van der Waals surface area contributed by atoms with Crippen molar-refractivity contribution < 1.29 is 9.53 Å². The van der Waals surface area contributed by atoms with Gasteiger partial charge in [0.05, 0.1) is 18.7 Å². The molecule has 140 valence electrons. The summed E-state index contributed by atoms with van der Waals surface area (Å²) in [5.74, 6) is 0.339. The Bertz CT molecular complexity index is 910. The smallest absolute Gasteiger partial charge is 0.337 e. The van der Waals surface area contributed by atoms with E-state index in [-0.39, 0.29) is 5.97 Å². The lowest BCUT2D eigenvalue weighted by Crippen LogP contribution is -2.23. The van der Waals surface area contributed by atoms with Gasteiger partial charge in [-0.25, -0.2) is 4.79 Å². The fraction of sp³-hybridized carbons (Fsp3) is 0.348. The quantitative estimate of drug-likeness (QED) is 0.520. The average molecular weight is 380 g/mol. The molecule has 3 aromatic rings. The molecule has 4 heteroatoms.